The summed E-state index contributed by atoms with van der Waals surface area (Å²) in [6, 6.07) is 0. The third-order valence-corrected chi connectivity index (χ3v) is 2.05. The standard InChI is InChI=1S/C4H4S2/c5-6-3-1-2-4-6/h1-4H. The summed E-state index contributed by atoms with van der Waals surface area (Å²) in [7, 11) is 0.0494. The van der Waals surface area contributed by atoms with Crippen molar-refractivity contribution in [3.8, 4) is 0 Å². The van der Waals surface area contributed by atoms with Gasteiger partial charge in [0.1, 0.15) is 0 Å². The molecule has 0 fully saturated rings. The molecule has 0 spiro atoms. The average Bonchev–Trinajstić information content (AvgIpc) is 1.86. The highest BCUT2D eigenvalue weighted by Gasteiger charge is 1.81. The monoisotopic (exact) mass is 116 g/mol. The molecule has 6 heavy (non-hydrogen) atoms. The van der Waals surface area contributed by atoms with Crippen molar-refractivity contribution in [3.63, 3.8) is 0 Å². The Balaban J connectivity index is 2.86. The van der Waals surface area contributed by atoms with Crippen LogP contribution in [0.2, 0.25) is 0 Å². The normalized spacial score (nSPS) is 20.0. The molecule has 0 atom stereocenters. The van der Waals surface area contributed by atoms with Gasteiger partial charge in [0.2, 0.25) is 0 Å². The molecule has 0 saturated heterocycles. The zero-order valence-electron chi connectivity index (χ0n) is 3.13. The lowest BCUT2D eigenvalue weighted by Crippen LogP contribution is -1.59. The molecule has 1 heterocycles. The predicted octanol–water partition coefficient (Wildman–Crippen LogP) is 1.11. The predicted molar refractivity (Wildman–Crippen MR) is 33.0 cm³/mol. The number of hydrogen-bond donors (Lipinski definition) is 0. The number of hydrogen-bond acceptors (Lipinski definition) is 1. The molecular weight excluding hydrogens is 112 g/mol. The third kappa shape index (κ3) is 0.758. The molecule has 1 aliphatic heterocycles. The Morgan fingerprint density at radius 1 is 1.17 bits per heavy atom. The third-order valence-electron chi connectivity index (χ3n) is 0.536. The lowest BCUT2D eigenvalue weighted by molar-refractivity contribution is 2.15. The van der Waals surface area contributed by atoms with Crippen molar-refractivity contribution < 1.29 is 0 Å². The topological polar surface area (TPSA) is 0 Å². The van der Waals surface area contributed by atoms with E-state index in [1.165, 1.54) is 0 Å². The van der Waals surface area contributed by atoms with E-state index in [2.05, 4.69) is 0 Å². The second kappa shape index (κ2) is 1.67. The highest BCUT2D eigenvalue weighted by Crippen LogP contribution is 1.96. The second-order valence-corrected chi connectivity index (χ2v) is 3.34. The van der Waals surface area contributed by atoms with Crippen LogP contribution < -0.4 is 0 Å². The van der Waals surface area contributed by atoms with Crippen LogP contribution in [-0.2, 0) is 20.6 Å². The Morgan fingerprint density at radius 3 is 1.83 bits per heavy atom. The van der Waals surface area contributed by atoms with Crippen LogP contribution in [-0.4, -0.2) is 0 Å². The highest BCUT2D eigenvalue weighted by atomic mass is 32.8. The Kier molecular flexibility index (Phi) is 1.17. The fourth-order valence-corrected chi connectivity index (χ4v) is 1.26. The van der Waals surface area contributed by atoms with Crippen molar-refractivity contribution in [2.24, 2.45) is 0 Å². The fraction of sp³-hybridized carbons (Fsp3) is 0. The molecule has 0 aromatic carbocycles. The molecule has 2 heteroatoms. The van der Waals surface area contributed by atoms with E-state index in [4.69, 9.17) is 11.2 Å². The van der Waals surface area contributed by atoms with Crippen LogP contribution in [0.15, 0.2) is 23.0 Å². The maximum absolute atomic E-state index is 4.86. The van der Waals surface area contributed by atoms with Crippen LogP contribution in [0.5, 0.6) is 0 Å². The summed E-state index contributed by atoms with van der Waals surface area (Å²) >= 11 is 4.86. The second-order valence-electron chi connectivity index (χ2n) is 0.986. The van der Waals surface area contributed by atoms with Crippen LogP contribution >= 0.6 is 0 Å². The number of rotatable bonds is 0. The first kappa shape index (κ1) is 4.22. The summed E-state index contributed by atoms with van der Waals surface area (Å²) in [6.45, 7) is 0. The lowest BCUT2D eigenvalue weighted by Gasteiger charge is -1.71. The molecule has 0 bridgehead atoms. The summed E-state index contributed by atoms with van der Waals surface area (Å²) in [5.74, 6) is 0. The Labute approximate surface area is 44.1 Å². The minimum Gasteiger partial charge on any atom is -0.0733 e. The summed E-state index contributed by atoms with van der Waals surface area (Å²) < 4.78 is 0. The van der Waals surface area contributed by atoms with E-state index in [9.17, 15) is 0 Å². The first-order chi connectivity index (χ1) is 2.89. The molecule has 0 aromatic heterocycles. The van der Waals surface area contributed by atoms with Gasteiger partial charge >= 0.3 is 0 Å². The van der Waals surface area contributed by atoms with E-state index in [0.717, 1.165) is 0 Å². The van der Waals surface area contributed by atoms with Crippen LogP contribution in [0.25, 0.3) is 0 Å². The molecule has 0 nitrogen and oxygen atoms in total. The van der Waals surface area contributed by atoms with Gasteiger partial charge in [-0.1, -0.05) is 21.6 Å². The molecule has 1 aliphatic rings. The smallest absolute Gasteiger partial charge is 0.0205 e. The number of allylic oxidation sites excluding steroid dienone is 2. The quantitative estimate of drug-likeness (QED) is 0.457. The van der Waals surface area contributed by atoms with Gasteiger partial charge in [0.25, 0.3) is 0 Å². The molecule has 0 unspecified atom stereocenters. The Hall–Kier alpha value is 0.0500. The largest absolute Gasteiger partial charge is 0.0733 e. The molecule has 1 rings (SSSR count). The molecule has 0 N–H and O–H groups in total. The van der Waals surface area contributed by atoms with Gasteiger partial charge in [-0.2, -0.15) is 0 Å². The van der Waals surface area contributed by atoms with Crippen LogP contribution in [0.3, 0.4) is 0 Å². The van der Waals surface area contributed by atoms with E-state index in [1.807, 2.05) is 23.0 Å². The van der Waals surface area contributed by atoms with E-state index in [1.54, 1.807) is 0 Å². The van der Waals surface area contributed by atoms with E-state index >= 15 is 0 Å². The van der Waals surface area contributed by atoms with E-state index < -0.39 is 0 Å². The van der Waals surface area contributed by atoms with Gasteiger partial charge in [-0.05, 0) is 22.0 Å². The first-order valence-electron chi connectivity index (χ1n) is 1.64. The van der Waals surface area contributed by atoms with E-state index in [-0.39, 0.29) is 9.45 Å². The summed E-state index contributed by atoms with van der Waals surface area (Å²) in [5.41, 5.74) is 0. The van der Waals surface area contributed by atoms with Gasteiger partial charge < -0.3 is 0 Å². The lowest BCUT2D eigenvalue weighted by atomic mass is 10.6. The van der Waals surface area contributed by atoms with Crippen molar-refractivity contribution >= 4 is 20.6 Å². The molecule has 0 aromatic rings. The van der Waals surface area contributed by atoms with Crippen molar-refractivity contribution in [2.45, 2.75) is 0 Å². The maximum atomic E-state index is 4.86. The Morgan fingerprint density at radius 2 is 1.67 bits per heavy atom. The maximum Gasteiger partial charge on any atom is -0.0205 e. The minimum absolute atomic E-state index is 0.0494. The zero-order valence-corrected chi connectivity index (χ0v) is 4.76. The van der Waals surface area contributed by atoms with Crippen molar-refractivity contribution in [1.82, 2.24) is 0 Å². The van der Waals surface area contributed by atoms with Gasteiger partial charge in [-0.25, -0.2) is 0 Å². The average molecular weight is 116 g/mol. The molecule has 0 aliphatic carbocycles. The van der Waals surface area contributed by atoms with Crippen molar-refractivity contribution in [3.05, 3.63) is 23.0 Å². The summed E-state index contributed by atoms with van der Waals surface area (Å²) in [5, 5.41) is 4.02. The SMILES string of the molecule is S=S1C=CC=C1. The van der Waals surface area contributed by atoms with Crippen molar-refractivity contribution in [2.75, 3.05) is 0 Å². The van der Waals surface area contributed by atoms with Crippen LogP contribution in [0.4, 0.5) is 0 Å². The molecular formula is C4H4S2. The zero-order chi connectivity index (χ0) is 4.41. The van der Waals surface area contributed by atoms with Crippen LogP contribution in [0, 0.1) is 0 Å². The van der Waals surface area contributed by atoms with Gasteiger partial charge in [0, 0.05) is 0 Å². The van der Waals surface area contributed by atoms with Gasteiger partial charge in [-0.3, -0.25) is 0 Å². The van der Waals surface area contributed by atoms with E-state index in [0.29, 0.717) is 0 Å². The molecule has 0 radical (unpaired) electrons. The minimum atomic E-state index is 0.0494. The van der Waals surface area contributed by atoms with Crippen molar-refractivity contribution in [1.29, 1.82) is 0 Å². The van der Waals surface area contributed by atoms with Gasteiger partial charge in [-0.15, -0.1) is 0 Å². The first-order valence-corrected chi connectivity index (χ1v) is 3.91. The summed E-state index contributed by atoms with van der Waals surface area (Å²) in [4.78, 5) is 0. The van der Waals surface area contributed by atoms with Gasteiger partial charge in [0.05, 0.1) is 0 Å². The molecule has 0 saturated carbocycles. The Bertz CT molecular complexity index is 108. The van der Waals surface area contributed by atoms with Gasteiger partial charge in [0.15, 0.2) is 0 Å². The fourth-order valence-electron chi connectivity index (χ4n) is 0.291. The highest BCUT2D eigenvalue weighted by molar-refractivity contribution is 8.32. The molecule has 0 amide bonds. The van der Waals surface area contributed by atoms with Crippen LogP contribution in [0.1, 0.15) is 0 Å². The molecule has 32 valence electrons. The summed E-state index contributed by atoms with van der Waals surface area (Å²) in [6.07, 6.45) is 3.96.